The first kappa shape index (κ1) is 12.3. The van der Waals surface area contributed by atoms with Gasteiger partial charge in [0.1, 0.15) is 11.8 Å². The summed E-state index contributed by atoms with van der Waals surface area (Å²) in [6, 6.07) is 0. The first-order valence-corrected chi connectivity index (χ1v) is 5.52. The molecular weight excluding hydrogens is 234 g/mol. The summed E-state index contributed by atoms with van der Waals surface area (Å²) in [5, 5.41) is 6.66. The third-order valence-corrected chi connectivity index (χ3v) is 2.96. The normalized spacial score (nSPS) is 28.4. The Labute approximate surface area is 105 Å². The number of hydrogen-bond acceptors (Lipinski definition) is 4. The summed E-state index contributed by atoms with van der Waals surface area (Å²) in [4.78, 5) is 27.8. The van der Waals surface area contributed by atoms with Gasteiger partial charge in [-0.25, -0.2) is 5.01 Å². The van der Waals surface area contributed by atoms with Crippen molar-refractivity contribution in [3.8, 4) is 0 Å². The fourth-order valence-electron chi connectivity index (χ4n) is 1.97. The fraction of sp³-hybridized carbons (Fsp3) is 0.455. The van der Waals surface area contributed by atoms with Crippen molar-refractivity contribution in [1.82, 2.24) is 15.4 Å². The fourth-order valence-corrected chi connectivity index (χ4v) is 1.97. The molecule has 2 aliphatic heterocycles. The van der Waals surface area contributed by atoms with Crippen molar-refractivity contribution in [2.24, 2.45) is 16.0 Å². The van der Waals surface area contributed by atoms with Gasteiger partial charge in [0.2, 0.25) is 0 Å². The zero-order valence-electron chi connectivity index (χ0n) is 10.8. The Morgan fingerprint density at radius 2 is 2.06 bits per heavy atom. The van der Waals surface area contributed by atoms with Gasteiger partial charge in [-0.05, 0) is 13.0 Å². The number of amides is 2. The Morgan fingerprint density at radius 1 is 1.39 bits per heavy atom. The number of aliphatic imine (C=N–C) groups is 1. The van der Waals surface area contributed by atoms with Gasteiger partial charge in [0, 0.05) is 21.1 Å². The van der Waals surface area contributed by atoms with E-state index in [-0.39, 0.29) is 11.8 Å². The van der Waals surface area contributed by atoms with Crippen LogP contribution in [0.4, 0.5) is 0 Å². The second-order valence-electron chi connectivity index (χ2n) is 4.19. The Bertz CT molecular complexity index is 506. The zero-order valence-corrected chi connectivity index (χ0v) is 10.8. The molecule has 0 saturated carbocycles. The minimum Gasteiger partial charge on any atom is -0.282 e. The highest BCUT2D eigenvalue weighted by molar-refractivity contribution is 6.25. The number of carbonyl (C=O) groups excluding carboxylic acids is 2. The van der Waals surface area contributed by atoms with Gasteiger partial charge in [0.25, 0.3) is 11.8 Å². The number of carbonyl (C=O) groups is 2. The molecule has 0 spiro atoms. The molecule has 0 aromatic heterocycles. The average molecular weight is 249 g/mol. The molecule has 0 aliphatic carbocycles. The lowest BCUT2D eigenvalue weighted by atomic mass is 10.0. The second kappa shape index (κ2) is 4.25. The third-order valence-electron chi connectivity index (χ3n) is 2.96. The van der Waals surface area contributed by atoms with Gasteiger partial charge in [0.05, 0.1) is 11.3 Å². The van der Waals surface area contributed by atoms with Crippen molar-refractivity contribution in [1.29, 1.82) is 0 Å². The van der Waals surface area contributed by atoms with Crippen LogP contribution >= 0.6 is 0 Å². The van der Waals surface area contributed by atoms with Crippen LogP contribution in [0.3, 0.4) is 0 Å². The summed E-state index contributed by atoms with van der Waals surface area (Å²) >= 11 is 0. The molecule has 0 aromatic rings. The van der Waals surface area contributed by atoms with Gasteiger partial charge in [-0.2, -0.15) is 5.10 Å². The number of hydrazine groups is 1. The zero-order chi connectivity index (χ0) is 13.4. The van der Waals surface area contributed by atoms with E-state index < -0.39 is 5.92 Å². The molecule has 2 aliphatic rings. The highest BCUT2D eigenvalue weighted by Crippen LogP contribution is 2.19. The van der Waals surface area contributed by atoms with Gasteiger partial charge in [0.15, 0.2) is 0 Å². The highest BCUT2D eigenvalue weighted by atomic mass is 16.2. The van der Waals surface area contributed by atoms with Crippen LogP contribution in [0, 0.1) is 5.92 Å². The maximum atomic E-state index is 11.9. The number of likely N-dealkylation sites (N-methyl/N-ethyl adjacent to an activating group) is 1. The van der Waals surface area contributed by atoms with Crippen LogP contribution in [0.15, 0.2) is 21.7 Å². The lowest BCUT2D eigenvalue weighted by Crippen LogP contribution is -2.31. The highest BCUT2D eigenvalue weighted by Gasteiger charge is 2.36. The summed E-state index contributed by atoms with van der Waals surface area (Å²) in [7, 11) is 4.81. The molecule has 96 valence electrons. The molecule has 18 heavy (non-hydrogen) atoms. The van der Waals surface area contributed by atoms with Crippen molar-refractivity contribution >= 4 is 23.4 Å². The molecule has 1 saturated heterocycles. The first-order chi connectivity index (χ1) is 8.45. The topological polar surface area (TPSA) is 77.4 Å². The predicted molar refractivity (Wildman–Crippen MR) is 66.7 cm³/mol. The minimum absolute atomic E-state index is 0.141. The molecule has 7 nitrogen and oxygen atoms in total. The Hall–Kier alpha value is -2.18. The van der Waals surface area contributed by atoms with Crippen molar-refractivity contribution in [2.75, 3.05) is 21.1 Å². The largest absolute Gasteiger partial charge is 0.282 e. The van der Waals surface area contributed by atoms with Crippen LogP contribution in [-0.4, -0.2) is 54.5 Å². The van der Waals surface area contributed by atoms with E-state index in [1.807, 2.05) is 0 Å². The lowest BCUT2D eigenvalue weighted by molar-refractivity contribution is -0.130. The van der Waals surface area contributed by atoms with Crippen LogP contribution in [0.25, 0.3) is 0 Å². The van der Waals surface area contributed by atoms with Gasteiger partial charge in [-0.1, -0.05) is 0 Å². The molecule has 7 heteroatoms. The number of nitrogens with zero attached hydrogens (tertiary/aromatic N) is 4. The average Bonchev–Trinajstić information content (AvgIpc) is 2.73. The summed E-state index contributed by atoms with van der Waals surface area (Å²) < 4.78 is 0. The number of nitrogens with one attached hydrogen (secondary N) is 1. The van der Waals surface area contributed by atoms with E-state index in [1.54, 1.807) is 34.1 Å². The van der Waals surface area contributed by atoms with Crippen LogP contribution in [-0.2, 0) is 9.59 Å². The van der Waals surface area contributed by atoms with E-state index in [0.29, 0.717) is 17.1 Å². The summed E-state index contributed by atoms with van der Waals surface area (Å²) in [6.07, 6.45) is 1.62. The molecule has 2 amide bonds. The van der Waals surface area contributed by atoms with Crippen LogP contribution in [0.1, 0.15) is 6.92 Å². The van der Waals surface area contributed by atoms with Crippen molar-refractivity contribution in [2.45, 2.75) is 6.92 Å². The van der Waals surface area contributed by atoms with E-state index in [0.717, 1.165) is 0 Å². The molecule has 1 unspecified atom stereocenters. The number of rotatable bonds is 1. The molecule has 2 rings (SSSR count). The molecule has 2 heterocycles. The number of hydrazone groups is 1. The van der Waals surface area contributed by atoms with Gasteiger partial charge >= 0.3 is 0 Å². The Balaban J connectivity index is 2.36. The van der Waals surface area contributed by atoms with Crippen molar-refractivity contribution < 1.29 is 9.59 Å². The lowest BCUT2D eigenvalue weighted by Gasteiger charge is -2.06. The standard InChI is InChI=1S/C11H15N5O2/c1-6-7(10(17)15(3)13-6)5-8-9(12-2)14-16(4)11(8)18/h5,8H,1-4H3,(H,12,14)/b7-5-. The molecule has 0 radical (unpaired) electrons. The smallest absolute Gasteiger partial charge is 0.275 e. The summed E-state index contributed by atoms with van der Waals surface area (Å²) in [5.41, 5.74) is 3.91. The molecule has 0 bridgehead atoms. The van der Waals surface area contributed by atoms with E-state index >= 15 is 0 Å². The molecule has 1 atom stereocenters. The van der Waals surface area contributed by atoms with Crippen molar-refractivity contribution in [3.63, 3.8) is 0 Å². The Kier molecular flexibility index (Phi) is 2.90. The SMILES string of the molecule is CN=C1NN(C)C(=O)C1/C=C1\C(=O)N(C)N=C1C. The number of hydrogen-bond donors (Lipinski definition) is 1. The first-order valence-electron chi connectivity index (χ1n) is 5.52. The molecule has 0 aromatic carbocycles. The van der Waals surface area contributed by atoms with Gasteiger partial charge < -0.3 is 0 Å². The molecule has 1 N–H and O–H groups in total. The second-order valence-corrected chi connectivity index (χ2v) is 4.19. The van der Waals surface area contributed by atoms with E-state index in [9.17, 15) is 9.59 Å². The van der Waals surface area contributed by atoms with E-state index in [1.165, 1.54) is 10.0 Å². The van der Waals surface area contributed by atoms with E-state index in [2.05, 4.69) is 15.5 Å². The van der Waals surface area contributed by atoms with E-state index in [4.69, 9.17) is 0 Å². The summed E-state index contributed by atoms with van der Waals surface area (Å²) in [6.45, 7) is 1.74. The van der Waals surface area contributed by atoms with Crippen molar-refractivity contribution in [3.05, 3.63) is 11.6 Å². The summed E-state index contributed by atoms with van der Waals surface area (Å²) in [5.74, 6) is -0.357. The third kappa shape index (κ3) is 1.77. The van der Waals surface area contributed by atoms with Gasteiger partial charge in [-0.3, -0.25) is 25.0 Å². The van der Waals surface area contributed by atoms with Crippen LogP contribution in [0.2, 0.25) is 0 Å². The van der Waals surface area contributed by atoms with Gasteiger partial charge in [-0.15, -0.1) is 0 Å². The van der Waals surface area contributed by atoms with Crippen LogP contribution < -0.4 is 5.43 Å². The van der Waals surface area contributed by atoms with Crippen LogP contribution in [0.5, 0.6) is 0 Å². The Morgan fingerprint density at radius 3 is 2.56 bits per heavy atom. The molecular formula is C11H15N5O2. The monoisotopic (exact) mass is 249 g/mol. The predicted octanol–water partition coefficient (Wildman–Crippen LogP) is -0.618. The number of amidine groups is 1. The maximum Gasteiger partial charge on any atom is 0.275 e. The quantitative estimate of drug-likeness (QED) is 0.629. The maximum absolute atomic E-state index is 11.9. The molecule has 1 fully saturated rings. The minimum atomic E-state index is -0.546.